The number of thioether (sulfide) groups is 1. The minimum atomic E-state index is -0.601. The molecule has 1 aromatic heterocycles. The molecule has 0 spiro atoms. The van der Waals surface area contributed by atoms with Crippen LogP contribution >= 0.6 is 11.8 Å². The van der Waals surface area contributed by atoms with E-state index in [4.69, 9.17) is 4.74 Å². The number of nitrogens with one attached hydrogen (secondary N) is 1. The van der Waals surface area contributed by atoms with Gasteiger partial charge in [0.2, 0.25) is 0 Å². The van der Waals surface area contributed by atoms with Gasteiger partial charge in [0.25, 0.3) is 5.56 Å². The monoisotopic (exact) mass is 385 g/mol. The van der Waals surface area contributed by atoms with E-state index in [0.717, 1.165) is 6.07 Å². The normalized spacial score (nSPS) is 10.4. The number of hydrogen-bond donors (Lipinski definition) is 1. The fraction of sp³-hybridized carbons (Fsp3) is 0.105. The number of halogens is 2. The summed E-state index contributed by atoms with van der Waals surface area (Å²) < 4.78 is 33.2. The molecular weight excluding hydrogens is 372 g/mol. The lowest BCUT2D eigenvalue weighted by Crippen LogP contribution is -2.15. The Morgan fingerprint density at radius 3 is 2.74 bits per heavy atom. The molecule has 0 saturated heterocycles. The van der Waals surface area contributed by atoms with Crippen LogP contribution in [0.5, 0.6) is 5.75 Å². The highest BCUT2D eigenvalue weighted by atomic mass is 32.2. The van der Waals surface area contributed by atoms with Crippen LogP contribution in [0.3, 0.4) is 0 Å². The van der Waals surface area contributed by atoms with E-state index in [0.29, 0.717) is 5.16 Å². The molecule has 0 atom stereocenters. The maximum Gasteiger partial charge on any atom is 0.270 e. The Morgan fingerprint density at radius 2 is 2.04 bits per heavy atom. The molecule has 1 heterocycles. The average Bonchev–Trinajstić information content (AvgIpc) is 2.67. The molecule has 0 fully saturated rings. The van der Waals surface area contributed by atoms with Gasteiger partial charge in [0.05, 0.1) is 0 Å². The van der Waals surface area contributed by atoms with Crippen molar-refractivity contribution in [3.8, 4) is 23.1 Å². The van der Waals surface area contributed by atoms with Crippen LogP contribution in [0.25, 0.3) is 11.3 Å². The quantitative estimate of drug-likeness (QED) is 0.533. The van der Waals surface area contributed by atoms with Crippen LogP contribution < -0.4 is 10.3 Å². The van der Waals surface area contributed by atoms with E-state index >= 15 is 0 Å². The molecule has 8 heteroatoms. The molecular formula is C19H13F2N3O2S. The molecule has 5 nitrogen and oxygen atoms in total. The first kappa shape index (κ1) is 18.6. The van der Waals surface area contributed by atoms with Gasteiger partial charge in [-0.2, -0.15) is 5.26 Å². The molecule has 0 amide bonds. The fourth-order valence-corrected chi connectivity index (χ4v) is 2.81. The van der Waals surface area contributed by atoms with E-state index in [1.807, 2.05) is 6.07 Å². The number of rotatable bonds is 5. The Balaban J connectivity index is 2.08. The van der Waals surface area contributed by atoms with Crippen molar-refractivity contribution in [2.24, 2.45) is 0 Å². The van der Waals surface area contributed by atoms with E-state index in [2.05, 4.69) is 9.97 Å². The Labute approximate surface area is 157 Å². The third-order valence-electron chi connectivity index (χ3n) is 3.74. The fourth-order valence-electron chi connectivity index (χ4n) is 2.43. The molecule has 0 aliphatic heterocycles. The summed E-state index contributed by atoms with van der Waals surface area (Å²) in [5, 5.41) is 9.64. The van der Waals surface area contributed by atoms with E-state index in [-0.39, 0.29) is 34.7 Å². The van der Waals surface area contributed by atoms with Crippen LogP contribution in [-0.2, 0) is 6.61 Å². The predicted octanol–water partition coefficient (Wildman–Crippen LogP) is 3.89. The molecule has 0 saturated carbocycles. The van der Waals surface area contributed by atoms with Crippen LogP contribution in [-0.4, -0.2) is 16.2 Å². The third kappa shape index (κ3) is 3.99. The van der Waals surface area contributed by atoms with Gasteiger partial charge in [-0.05, 0) is 24.5 Å². The largest absolute Gasteiger partial charge is 0.488 e. The van der Waals surface area contributed by atoms with Gasteiger partial charge in [-0.1, -0.05) is 30.0 Å². The van der Waals surface area contributed by atoms with Crippen LogP contribution in [0.15, 0.2) is 52.4 Å². The second-order valence-electron chi connectivity index (χ2n) is 5.43. The number of nitrogens with zero attached hydrogens (tertiary/aromatic N) is 2. The zero-order valence-electron chi connectivity index (χ0n) is 14.1. The van der Waals surface area contributed by atoms with Crippen molar-refractivity contribution in [3.63, 3.8) is 0 Å². The highest BCUT2D eigenvalue weighted by molar-refractivity contribution is 7.98. The van der Waals surface area contributed by atoms with Gasteiger partial charge in [-0.15, -0.1) is 0 Å². The van der Waals surface area contributed by atoms with Gasteiger partial charge in [0.15, 0.2) is 5.16 Å². The van der Waals surface area contributed by atoms with Gasteiger partial charge in [-0.25, -0.2) is 13.8 Å². The Morgan fingerprint density at radius 1 is 1.26 bits per heavy atom. The summed E-state index contributed by atoms with van der Waals surface area (Å²) in [6.45, 7) is -0.149. The highest BCUT2D eigenvalue weighted by Gasteiger charge is 2.18. The summed E-state index contributed by atoms with van der Waals surface area (Å²) in [6, 6.07) is 11.5. The van der Waals surface area contributed by atoms with Crippen LogP contribution in [0.2, 0.25) is 0 Å². The number of nitriles is 1. The van der Waals surface area contributed by atoms with Gasteiger partial charge in [0, 0.05) is 17.2 Å². The van der Waals surface area contributed by atoms with Crippen molar-refractivity contribution in [1.82, 2.24) is 9.97 Å². The van der Waals surface area contributed by atoms with Gasteiger partial charge in [0.1, 0.15) is 41.3 Å². The standard InChI is InChI=1S/C19H13F2N3O2S/c1-27-19-23-17(14(9-22)18(25)24-19)13-7-6-12(20)8-16(13)26-10-11-4-2-3-5-15(11)21/h2-8H,10H2,1H3,(H,23,24,25). The van der Waals surface area contributed by atoms with E-state index < -0.39 is 17.2 Å². The lowest BCUT2D eigenvalue weighted by molar-refractivity contribution is 0.299. The molecule has 3 aromatic rings. The van der Waals surface area contributed by atoms with Crippen molar-refractivity contribution in [2.75, 3.05) is 6.26 Å². The van der Waals surface area contributed by atoms with Crippen molar-refractivity contribution < 1.29 is 13.5 Å². The number of benzene rings is 2. The number of H-pyrrole nitrogens is 1. The van der Waals surface area contributed by atoms with Gasteiger partial charge >= 0.3 is 0 Å². The predicted molar refractivity (Wildman–Crippen MR) is 97.5 cm³/mol. The number of aromatic amines is 1. The molecule has 0 radical (unpaired) electrons. The number of hydrogen-bond acceptors (Lipinski definition) is 5. The average molecular weight is 385 g/mol. The smallest absolute Gasteiger partial charge is 0.270 e. The summed E-state index contributed by atoms with van der Waals surface area (Å²) in [5.41, 5.74) is -0.178. The van der Waals surface area contributed by atoms with Crippen LogP contribution in [0.4, 0.5) is 8.78 Å². The molecule has 0 aliphatic rings. The maximum absolute atomic E-state index is 13.8. The third-order valence-corrected chi connectivity index (χ3v) is 4.32. The molecule has 0 unspecified atom stereocenters. The molecule has 27 heavy (non-hydrogen) atoms. The van der Waals surface area contributed by atoms with E-state index in [9.17, 15) is 18.8 Å². The summed E-state index contributed by atoms with van der Waals surface area (Å²) in [4.78, 5) is 18.9. The summed E-state index contributed by atoms with van der Waals surface area (Å²) >= 11 is 1.19. The van der Waals surface area contributed by atoms with Crippen molar-refractivity contribution in [3.05, 3.63) is 75.6 Å². The van der Waals surface area contributed by atoms with E-state index in [1.54, 1.807) is 24.5 Å². The lowest BCUT2D eigenvalue weighted by atomic mass is 10.1. The Hall–Kier alpha value is -3.18. The second kappa shape index (κ2) is 8.01. The molecule has 2 aromatic carbocycles. The zero-order chi connectivity index (χ0) is 19.4. The van der Waals surface area contributed by atoms with E-state index in [1.165, 1.54) is 30.0 Å². The molecule has 0 aliphatic carbocycles. The van der Waals surface area contributed by atoms with Gasteiger partial charge < -0.3 is 9.72 Å². The summed E-state index contributed by atoms with van der Waals surface area (Å²) in [7, 11) is 0. The second-order valence-corrected chi connectivity index (χ2v) is 6.23. The highest BCUT2D eigenvalue weighted by Crippen LogP contribution is 2.32. The first-order valence-electron chi connectivity index (χ1n) is 7.78. The summed E-state index contributed by atoms with van der Waals surface area (Å²) in [5.74, 6) is -0.970. The molecule has 136 valence electrons. The number of ether oxygens (including phenoxy) is 1. The van der Waals surface area contributed by atoms with Crippen molar-refractivity contribution >= 4 is 11.8 Å². The molecule has 0 bridgehead atoms. The van der Waals surface area contributed by atoms with Crippen molar-refractivity contribution in [2.45, 2.75) is 11.8 Å². The first-order chi connectivity index (χ1) is 13.0. The molecule has 3 rings (SSSR count). The van der Waals surface area contributed by atoms with Crippen molar-refractivity contribution in [1.29, 1.82) is 5.26 Å². The minimum Gasteiger partial charge on any atom is -0.488 e. The number of aromatic nitrogens is 2. The minimum absolute atomic E-state index is 0.0555. The topological polar surface area (TPSA) is 78.8 Å². The Bertz CT molecular complexity index is 1090. The SMILES string of the molecule is CSc1nc(-c2ccc(F)cc2OCc2ccccc2F)c(C#N)c(=O)[nH]1. The van der Waals surface area contributed by atoms with Gasteiger partial charge in [-0.3, -0.25) is 4.79 Å². The first-order valence-corrected chi connectivity index (χ1v) is 9.00. The summed E-state index contributed by atoms with van der Waals surface area (Å²) in [6.07, 6.45) is 1.72. The Kier molecular flexibility index (Phi) is 5.52. The van der Waals surface area contributed by atoms with Crippen LogP contribution in [0, 0.1) is 23.0 Å². The molecule has 1 N–H and O–H groups in total. The zero-order valence-corrected chi connectivity index (χ0v) is 14.9. The maximum atomic E-state index is 13.8. The van der Waals surface area contributed by atoms with Crippen LogP contribution in [0.1, 0.15) is 11.1 Å². The lowest BCUT2D eigenvalue weighted by Gasteiger charge is -2.13.